The van der Waals surface area contributed by atoms with E-state index in [4.69, 9.17) is 19.9 Å². The van der Waals surface area contributed by atoms with Crippen LogP contribution in [0, 0.1) is 13.8 Å². The normalized spacial score (nSPS) is 12.2. The van der Waals surface area contributed by atoms with Crippen molar-refractivity contribution in [3.8, 4) is 0 Å². The van der Waals surface area contributed by atoms with Gasteiger partial charge in [0.25, 0.3) is 5.56 Å². The predicted molar refractivity (Wildman–Crippen MR) is 191 cm³/mol. The van der Waals surface area contributed by atoms with Gasteiger partial charge in [-0.25, -0.2) is 15.1 Å². The number of carboxylic acids is 2. The van der Waals surface area contributed by atoms with E-state index in [1.807, 2.05) is 52.0 Å². The number of aromatic nitrogens is 6. The zero-order valence-electron chi connectivity index (χ0n) is 28.1. The Kier molecular flexibility index (Phi) is 11.7. The van der Waals surface area contributed by atoms with Gasteiger partial charge in [-0.05, 0) is 68.9 Å². The Bertz CT molecular complexity index is 2290. The van der Waals surface area contributed by atoms with Gasteiger partial charge in [-0.15, -0.1) is 22.1 Å². The van der Waals surface area contributed by atoms with E-state index in [0.29, 0.717) is 40.8 Å². The summed E-state index contributed by atoms with van der Waals surface area (Å²) in [5.74, 6) is -1.80. The Morgan fingerprint density at radius 3 is 1.96 bits per heavy atom. The van der Waals surface area contributed by atoms with Gasteiger partial charge in [0.2, 0.25) is 0 Å². The van der Waals surface area contributed by atoms with Crippen molar-refractivity contribution in [3.63, 3.8) is 0 Å². The Hall–Kier alpha value is -5.58. The smallest absolute Gasteiger partial charge is 0.657 e. The Morgan fingerprint density at radius 2 is 1.36 bits per heavy atom. The summed E-state index contributed by atoms with van der Waals surface area (Å²) in [6.07, 6.45) is 5.57. The zero-order valence-corrected chi connectivity index (χ0v) is 29.3. The first-order valence-corrected chi connectivity index (χ1v) is 15.7. The summed E-state index contributed by atoms with van der Waals surface area (Å²) in [7, 11) is 0. The number of nitrogens with one attached hydrogen (secondary N) is 1. The predicted octanol–water partition coefficient (Wildman–Crippen LogP) is 6.53. The molecule has 4 aromatic rings. The molecule has 6 rings (SSSR count). The first-order valence-electron chi connectivity index (χ1n) is 15.7. The number of nitrogens with zero attached hydrogens (tertiary/aromatic N) is 5. The quantitative estimate of drug-likeness (QED) is 0.171. The average Bonchev–Trinajstić information content (AvgIpc) is 3.72. The molecule has 0 spiro atoms. The molecule has 0 unspecified atom stereocenters. The Morgan fingerprint density at radius 1 is 0.780 bits per heavy atom. The van der Waals surface area contributed by atoms with Crippen LogP contribution in [0.3, 0.4) is 0 Å². The van der Waals surface area contributed by atoms with E-state index >= 15 is 0 Å². The second-order valence-corrected chi connectivity index (χ2v) is 11.7. The van der Waals surface area contributed by atoms with E-state index in [1.165, 1.54) is 12.3 Å². The van der Waals surface area contributed by atoms with Crippen LogP contribution in [-0.4, -0.2) is 42.3 Å². The molecule has 0 aliphatic carbocycles. The van der Waals surface area contributed by atoms with Gasteiger partial charge in [-0.2, -0.15) is 5.10 Å². The van der Waals surface area contributed by atoms with Crippen LogP contribution < -0.4 is 15.5 Å². The van der Waals surface area contributed by atoms with Crippen LogP contribution in [0.2, 0.25) is 0 Å². The molecular formula is C38H36FeN6O5. The number of carboxylic acid groups (broad SMARTS) is 2. The van der Waals surface area contributed by atoms with Crippen LogP contribution in [0.5, 0.6) is 0 Å². The maximum atomic E-state index is 11.5. The van der Waals surface area contributed by atoms with Crippen LogP contribution >= 0.6 is 0 Å². The molecule has 0 saturated carbocycles. The topological polar surface area (TPSA) is 174 Å². The number of aryl methyl sites for hydroxylation is 3. The molecule has 11 nitrogen and oxygen atoms in total. The monoisotopic (exact) mass is 712 g/mol. The largest absolute Gasteiger partial charge is 2.00 e. The minimum atomic E-state index is -0.898. The van der Waals surface area contributed by atoms with Gasteiger partial charge in [-0.1, -0.05) is 66.3 Å². The summed E-state index contributed by atoms with van der Waals surface area (Å²) in [6.45, 7) is 15.9. The molecule has 0 amide bonds. The molecule has 0 atom stereocenters. The second kappa shape index (κ2) is 15.8. The zero-order chi connectivity index (χ0) is 35.4. The second-order valence-electron chi connectivity index (χ2n) is 11.7. The summed E-state index contributed by atoms with van der Waals surface area (Å²) < 4.78 is 0. The molecule has 3 N–H and O–H groups in total. The molecule has 0 radical (unpaired) electrons. The number of H-pyrrole nitrogens is 1. The Balaban J connectivity index is 0.000000627. The van der Waals surface area contributed by atoms with E-state index in [9.17, 15) is 24.6 Å². The third kappa shape index (κ3) is 7.83. The SMILES string of the molecule is C=CC1=C(C)c2cc3[n-]c(cc4nc(cc5[n-]c(cc1n2)c(C)c5C=C)C(C)=C4CCC(=O)O)c(CCC(=O)O)c3C.O=c1cccn[nH]1.[Fe+2]. The van der Waals surface area contributed by atoms with Crippen molar-refractivity contribution >= 4 is 62.4 Å². The molecule has 6 heterocycles. The van der Waals surface area contributed by atoms with Crippen molar-refractivity contribution in [2.75, 3.05) is 0 Å². The fourth-order valence-corrected chi connectivity index (χ4v) is 5.92. The van der Waals surface area contributed by atoms with Crippen molar-refractivity contribution in [2.45, 2.75) is 53.4 Å². The number of hydrogen-bond acceptors (Lipinski definition) is 6. The fraction of sp³-hybridized carbons (Fsp3) is 0.211. The fourth-order valence-electron chi connectivity index (χ4n) is 5.92. The molecule has 50 heavy (non-hydrogen) atoms. The Labute approximate surface area is 299 Å². The summed E-state index contributed by atoms with van der Waals surface area (Å²) in [4.78, 5) is 52.9. The average molecular weight is 713 g/mol. The van der Waals surface area contributed by atoms with Gasteiger partial charge in [0.15, 0.2) is 0 Å². The number of hydrogen-bond donors (Lipinski definition) is 3. The van der Waals surface area contributed by atoms with Crippen LogP contribution in [0.25, 0.3) is 50.4 Å². The van der Waals surface area contributed by atoms with Gasteiger partial charge < -0.3 is 20.2 Å². The first kappa shape index (κ1) is 37.2. The summed E-state index contributed by atoms with van der Waals surface area (Å²) in [5.41, 5.74) is 12.5. The minimum absolute atomic E-state index is 0. The van der Waals surface area contributed by atoms with E-state index < -0.39 is 11.9 Å². The molecule has 2 aliphatic heterocycles. The maximum absolute atomic E-state index is 11.5. The molecule has 0 aromatic carbocycles. The molecule has 0 fully saturated rings. The number of carbonyl (C=O) groups is 2. The summed E-state index contributed by atoms with van der Waals surface area (Å²) in [5, 5.41) is 24.5. The number of aromatic amines is 1. The summed E-state index contributed by atoms with van der Waals surface area (Å²) >= 11 is 0. The third-order valence-corrected chi connectivity index (χ3v) is 8.65. The molecule has 12 heteroatoms. The van der Waals surface area contributed by atoms with Gasteiger partial charge in [-0.3, -0.25) is 14.4 Å². The van der Waals surface area contributed by atoms with Crippen molar-refractivity contribution in [1.82, 2.24) is 30.1 Å². The van der Waals surface area contributed by atoms with Gasteiger partial charge in [0.05, 0.1) is 22.8 Å². The minimum Gasteiger partial charge on any atom is -0.657 e. The van der Waals surface area contributed by atoms with Crippen LogP contribution in [-0.2, 0) is 33.1 Å². The van der Waals surface area contributed by atoms with Crippen molar-refractivity contribution in [1.29, 1.82) is 0 Å². The molecule has 256 valence electrons. The van der Waals surface area contributed by atoms with Crippen LogP contribution in [0.1, 0.15) is 78.1 Å². The van der Waals surface area contributed by atoms with Crippen LogP contribution in [0.4, 0.5) is 0 Å². The van der Waals surface area contributed by atoms with Crippen molar-refractivity contribution in [2.24, 2.45) is 0 Å². The standard InChI is InChI=1S/C34H34N4O4.C4H4N2O.Fe/c1-7-21-17(3)25-13-26-19(5)23(9-11-33(39)40)31(37-26)16-32-24(10-12-34(41)42)20(6)28(38-32)15-30-22(8-2)18(4)27(36-30)14-29(21)35-25;7-4-2-1-3-5-6-4;/h7-8,13-16H,1-2,9-12H2,3-6H3,(H4,35,36,37,38,39,40,41,42);1-3H,(H,6,7);/q;;+2/p-2. The number of fused-ring (bicyclic) bond motifs is 8. The van der Waals surface area contributed by atoms with Gasteiger partial charge >= 0.3 is 29.0 Å². The number of rotatable bonds is 8. The molecular weight excluding hydrogens is 676 g/mol. The van der Waals surface area contributed by atoms with E-state index in [2.05, 4.69) is 23.4 Å². The molecule has 0 saturated heterocycles. The van der Waals surface area contributed by atoms with E-state index in [0.717, 1.165) is 61.5 Å². The maximum Gasteiger partial charge on any atom is 2.00 e. The van der Waals surface area contributed by atoms with Crippen molar-refractivity contribution in [3.05, 3.63) is 117 Å². The van der Waals surface area contributed by atoms with Crippen LogP contribution in [0.15, 0.2) is 66.6 Å². The van der Waals surface area contributed by atoms with E-state index in [1.54, 1.807) is 18.2 Å². The molecule has 8 bridgehead atoms. The number of aliphatic carboxylic acids is 2. The van der Waals surface area contributed by atoms with Gasteiger partial charge in [0.1, 0.15) is 0 Å². The van der Waals surface area contributed by atoms with Crippen molar-refractivity contribution < 1.29 is 36.9 Å². The van der Waals surface area contributed by atoms with E-state index in [-0.39, 0.29) is 35.5 Å². The molecule has 4 aromatic heterocycles. The molecule has 2 aliphatic rings. The third-order valence-electron chi connectivity index (χ3n) is 8.65. The summed E-state index contributed by atoms with van der Waals surface area (Å²) in [6, 6.07) is 10.6. The number of allylic oxidation sites excluding steroid dienone is 5. The van der Waals surface area contributed by atoms with Gasteiger partial charge in [0, 0.05) is 30.7 Å². The first-order chi connectivity index (χ1) is 23.4.